The molecule has 1 fully saturated rings. The largest absolute Gasteiger partial charge is 0.337 e. The molecule has 0 unspecified atom stereocenters. The van der Waals surface area contributed by atoms with Gasteiger partial charge in [0.15, 0.2) is 5.03 Å². The Bertz CT molecular complexity index is 1180. The van der Waals surface area contributed by atoms with E-state index in [2.05, 4.69) is 4.98 Å². The third-order valence-corrected chi connectivity index (χ3v) is 9.71. The van der Waals surface area contributed by atoms with Crippen LogP contribution in [0.1, 0.15) is 36.5 Å². The Morgan fingerprint density at radius 2 is 1.64 bits per heavy atom. The maximum Gasteiger partial charge on any atom is 0.262 e. The van der Waals surface area contributed by atoms with Crippen molar-refractivity contribution in [3.63, 3.8) is 0 Å². The summed E-state index contributed by atoms with van der Waals surface area (Å²) in [6.45, 7) is 7.12. The number of carbonyl (C=O) groups is 1. The zero-order valence-corrected chi connectivity index (χ0v) is 21.1. The van der Waals surface area contributed by atoms with E-state index >= 15 is 0 Å². The number of benzene rings is 1. The summed E-state index contributed by atoms with van der Waals surface area (Å²) in [5.74, 6) is 0.348. The van der Waals surface area contributed by atoms with E-state index in [4.69, 9.17) is 0 Å². The zero-order chi connectivity index (χ0) is 24.4. The highest BCUT2D eigenvalue weighted by Crippen LogP contribution is 2.20. The van der Waals surface area contributed by atoms with E-state index in [0.29, 0.717) is 44.0 Å². The highest BCUT2D eigenvalue weighted by atomic mass is 32.2. The first-order valence-electron chi connectivity index (χ1n) is 10.9. The topological polar surface area (TPSA) is 113 Å². The van der Waals surface area contributed by atoms with Gasteiger partial charge in [-0.3, -0.25) is 4.79 Å². The lowest BCUT2D eigenvalue weighted by Crippen LogP contribution is -2.37. The first-order valence-corrected chi connectivity index (χ1v) is 13.8. The van der Waals surface area contributed by atoms with Crippen LogP contribution in [-0.2, 0) is 27.1 Å². The first kappa shape index (κ1) is 25.3. The van der Waals surface area contributed by atoms with Gasteiger partial charge in [-0.25, -0.2) is 21.8 Å². The standard InChI is InChI=1S/C21H31N5O5S2/c1-5-25(6-2)32(28,29)19-10-8-18(9-11-19)21(27)24-12-7-13-26(15-14-24)33(30,31)20-16-23(4)17(3)22-20/h8-11,16H,5-7,12-15H2,1-4H3. The second kappa shape index (κ2) is 9.92. The fraction of sp³-hybridized carbons (Fsp3) is 0.524. The van der Waals surface area contributed by atoms with Gasteiger partial charge in [0, 0.05) is 58.1 Å². The molecule has 1 aliphatic heterocycles. The van der Waals surface area contributed by atoms with E-state index in [-0.39, 0.29) is 28.9 Å². The van der Waals surface area contributed by atoms with Crippen molar-refractivity contribution in [1.29, 1.82) is 0 Å². The molecule has 1 aromatic heterocycles. The molecule has 0 N–H and O–H groups in total. The Labute approximate surface area is 195 Å². The van der Waals surface area contributed by atoms with E-state index in [9.17, 15) is 21.6 Å². The summed E-state index contributed by atoms with van der Waals surface area (Å²) in [5.41, 5.74) is 0.366. The van der Waals surface area contributed by atoms with Crippen molar-refractivity contribution in [2.45, 2.75) is 37.1 Å². The zero-order valence-electron chi connectivity index (χ0n) is 19.4. The van der Waals surface area contributed by atoms with Gasteiger partial charge in [-0.05, 0) is 37.6 Å². The van der Waals surface area contributed by atoms with Gasteiger partial charge in [-0.1, -0.05) is 13.8 Å². The minimum absolute atomic E-state index is 0.00674. The number of aryl methyl sites for hydroxylation is 2. The molecule has 1 saturated heterocycles. The van der Waals surface area contributed by atoms with Crippen LogP contribution in [0, 0.1) is 6.92 Å². The number of sulfonamides is 2. The minimum atomic E-state index is -3.74. The van der Waals surface area contributed by atoms with Crippen LogP contribution in [0.4, 0.5) is 0 Å². The molecule has 1 amide bonds. The lowest BCUT2D eigenvalue weighted by atomic mass is 10.2. The smallest absolute Gasteiger partial charge is 0.262 e. The third-order valence-electron chi connectivity index (χ3n) is 5.88. The average Bonchev–Trinajstić information content (AvgIpc) is 2.98. The molecule has 2 aromatic rings. The molecule has 12 heteroatoms. The van der Waals surface area contributed by atoms with Gasteiger partial charge in [-0.2, -0.15) is 8.61 Å². The van der Waals surface area contributed by atoms with Crippen LogP contribution in [0.3, 0.4) is 0 Å². The van der Waals surface area contributed by atoms with E-state index in [1.807, 2.05) is 0 Å². The van der Waals surface area contributed by atoms with E-state index in [0.717, 1.165) is 0 Å². The number of nitrogens with zero attached hydrogens (tertiary/aromatic N) is 5. The number of aromatic nitrogens is 2. The molecule has 0 spiro atoms. The van der Waals surface area contributed by atoms with Gasteiger partial charge in [0.05, 0.1) is 4.90 Å². The summed E-state index contributed by atoms with van der Waals surface area (Å²) in [5, 5.41) is 0.00674. The van der Waals surface area contributed by atoms with Crippen molar-refractivity contribution in [2.24, 2.45) is 7.05 Å². The predicted molar refractivity (Wildman–Crippen MR) is 124 cm³/mol. The minimum Gasteiger partial charge on any atom is -0.337 e. The molecular formula is C21H31N5O5S2. The summed E-state index contributed by atoms with van der Waals surface area (Å²) < 4.78 is 55.6. The fourth-order valence-corrected chi connectivity index (χ4v) is 6.74. The second-order valence-corrected chi connectivity index (χ2v) is 11.7. The Balaban J connectivity index is 1.72. The monoisotopic (exact) mass is 497 g/mol. The molecule has 33 heavy (non-hydrogen) atoms. The maximum absolute atomic E-state index is 13.0. The van der Waals surface area contributed by atoms with Crippen LogP contribution in [0.25, 0.3) is 0 Å². The van der Waals surface area contributed by atoms with Crippen LogP contribution in [0.5, 0.6) is 0 Å². The SMILES string of the molecule is CCN(CC)S(=O)(=O)c1ccc(C(=O)N2CCCN(S(=O)(=O)c3cn(C)c(C)n3)CC2)cc1. The second-order valence-electron chi connectivity index (χ2n) is 7.90. The molecule has 182 valence electrons. The molecule has 1 aromatic carbocycles. The van der Waals surface area contributed by atoms with Crippen molar-refractivity contribution in [3.05, 3.63) is 41.9 Å². The summed E-state index contributed by atoms with van der Waals surface area (Å²) >= 11 is 0. The van der Waals surface area contributed by atoms with Crippen molar-refractivity contribution >= 4 is 26.0 Å². The molecular weight excluding hydrogens is 466 g/mol. The molecule has 10 nitrogen and oxygen atoms in total. The quantitative estimate of drug-likeness (QED) is 0.570. The Hall–Kier alpha value is -2.28. The van der Waals surface area contributed by atoms with Crippen LogP contribution in [0.2, 0.25) is 0 Å². The summed E-state index contributed by atoms with van der Waals surface area (Å²) in [7, 11) is -5.60. The van der Waals surface area contributed by atoms with Crippen molar-refractivity contribution in [2.75, 3.05) is 39.3 Å². The molecule has 0 aliphatic carbocycles. The highest BCUT2D eigenvalue weighted by Gasteiger charge is 2.31. The van der Waals surface area contributed by atoms with Gasteiger partial charge >= 0.3 is 0 Å². The molecule has 0 bridgehead atoms. The summed E-state index contributed by atoms with van der Waals surface area (Å²) in [6, 6.07) is 5.90. The van der Waals surface area contributed by atoms with Crippen molar-refractivity contribution < 1.29 is 21.6 Å². The number of rotatable bonds is 7. The lowest BCUT2D eigenvalue weighted by Gasteiger charge is -2.22. The first-order chi connectivity index (χ1) is 15.5. The van der Waals surface area contributed by atoms with E-state index in [1.54, 1.807) is 37.3 Å². The Morgan fingerprint density at radius 1 is 1.00 bits per heavy atom. The molecule has 0 atom stereocenters. The van der Waals surface area contributed by atoms with Crippen LogP contribution in [0.15, 0.2) is 40.4 Å². The molecule has 2 heterocycles. The number of hydrogen-bond donors (Lipinski definition) is 0. The van der Waals surface area contributed by atoms with Gasteiger partial charge in [0.1, 0.15) is 5.82 Å². The highest BCUT2D eigenvalue weighted by molar-refractivity contribution is 7.89. The average molecular weight is 498 g/mol. The fourth-order valence-electron chi connectivity index (χ4n) is 3.78. The van der Waals surface area contributed by atoms with Crippen molar-refractivity contribution in [1.82, 2.24) is 23.1 Å². The summed E-state index contributed by atoms with van der Waals surface area (Å²) in [6.07, 6.45) is 1.98. The van der Waals surface area contributed by atoms with Crippen LogP contribution < -0.4 is 0 Å². The number of amides is 1. The molecule has 0 radical (unpaired) electrons. The Morgan fingerprint density at radius 3 is 2.18 bits per heavy atom. The van der Waals surface area contributed by atoms with Gasteiger partial charge in [0.25, 0.3) is 15.9 Å². The van der Waals surface area contributed by atoms with Gasteiger partial charge < -0.3 is 9.47 Å². The number of imidazole rings is 1. The summed E-state index contributed by atoms with van der Waals surface area (Å²) in [4.78, 5) is 18.9. The van der Waals surface area contributed by atoms with Gasteiger partial charge in [0.2, 0.25) is 10.0 Å². The third kappa shape index (κ3) is 5.13. The Kier molecular flexibility index (Phi) is 7.62. The number of carbonyl (C=O) groups excluding carboxylic acids is 1. The number of hydrogen-bond acceptors (Lipinski definition) is 6. The van der Waals surface area contributed by atoms with Crippen molar-refractivity contribution in [3.8, 4) is 0 Å². The van der Waals surface area contributed by atoms with Gasteiger partial charge in [-0.15, -0.1) is 0 Å². The lowest BCUT2D eigenvalue weighted by molar-refractivity contribution is 0.0764. The molecule has 3 rings (SSSR count). The van der Waals surface area contributed by atoms with Crippen LogP contribution >= 0.6 is 0 Å². The maximum atomic E-state index is 13.0. The molecule has 1 aliphatic rings. The molecule has 0 saturated carbocycles. The van der Waals surface area contributed by atoms with Crippen LogP contribution in [-0.4, -0.2) is 85.1 Å². The van der Waals surface area contributed by atoms with E-state index < -0.39 is 20.0 Å². The predicted octanol–water partition coefficient (Wildman–Crippen LogP) is 1.30. The normalized spacial score (nSPS) is 16.2. The van der Waals surface area contributed by atoms with E-state index in [1.165, 1.54) is 39.1 Å².